The number of hydrogen-bond acceptors (Lipinski definition) is 1. The van der Waals surface area contributed by atoms with Gasteiger partial charge in [-0.1, -0.05) is 39.7 Å². The molecule has 0 aromatic heterocycles. The zero-order chi connectivity index (χ0) is 10.7. The maximum absolute atomic E-state index is 10.9. The van der Waals surface area contributed by atoms with Crippen LogP contribution in [0.1, 0.15) is 11.1 Å². The number of carbonyl (C=O) groups excluding carboxylic acids is 1. The number of hydrogen-bond donors (Lipinski definition) is 1. The highest BCUT2D eigenvalue weighted by molar-refractivity contribution is 9.10. The fourth-order valence-electron chi connectivity index (χ4n) is 1.20. The molecule has 0 aliphatic rings. The number of halogens is 2. The van der Waals surface area contributed by atoms with Crippen LogP contribution < -0.4 is 5.73 Å². The predicted octanol–water partition coefficient (Wildman–Crippen LogP) is 2.44. The summed E-state index contributed by atoms with van der Waals surface area (Å²) in [5.74, 6) is -0.371. The van der Waals surface area contributed by atoms with Gasteiger partial charge in [0.25, 0.3) is 0 Å². The first-order chi connectivity index (χ1) is 6.52. The Morgan fingerprint density at radius 3 is 2.79 bits per heavy atom. The highest BCUT2D eigenvalue weighted by Gasteiger charge is 2.14. The van der Waals surface area contributed by atoms with Crippen LogP contribution in [0.3, 0.4) is 0 Å². The van der Waals surface area contributed by atoms with E-state index in [0.717, 1.165) is 11.1 Å². The maximum Gasteiger partial charge on any atom is 0.231 e. The molecule has 2 N–H and O–H groups in total. The molecule has 0 fully saturated rings. The van der Waals surface area contributed by atoms with E-state index in [4.69, 9.17) is 17.3 Å². The van der Waals surface area contributed by atoms with Crippen molar-refractivity contribution in [3.05, 3.63) is 34.3 Å². The Bertz CT molecular complexity index is 334. The Balaban J connectivity index is 2.91. The van der Waals surface area contributed by atoms with Crippen molar-refractivity contribution in [3.8, 4) is 0 Å². The first kappa shape index (κ1) is 11.5. The molecule has 0 heterocycles. The number of alkyl halides is 1. The lowest BCUT2D eigenvalue weighted by Crippen LogP contribution is -2.25. The minimum absolute atomic E-state index is 0.360. The van der Waals surface area contributed by atoms with E-state index in [0.29, 0.717) is 11.4 Å². The molecule has 0 saturated heterocycles. The Labute approximate surface area is 96.6 Å². The van der Waals surface area contributed by atoms with E-state index in [1.807, 2.05) is 25.1 Å². The number of carbonyl (C=O) groups is 1. The van der Waals surface area contributed by atoms with E-state index in [2.05, 4.69) is 15.9 Å². The fraction of sp³-hybridized carbons (Fsp3) is 0.300. The number of primary amides is 1. The average molecular weight is 277 g/mol. The molecule has 1 unspecified atom stereocenters. The van der Waals surface area contributed by atoms with Crippen molar-refractivity contribution in [2.75, 3.05) is 0 Å². The van der Waals surface area contributed by atoms with Gasteiger partial charge in [0.1, 0.15) is 0 Å². The Morgan fingerprint density at radius 2 is 2.29 bits per heavy atom. The summed E-state index contributed by atoms with van der Waals surface area (Å²) in [7, 11) is 0. The molecular weight excluding hydrogens is 265 g/mol. The molecule has 0 spiro atoms. The molecule has 1 aromatic carbocycles. The van der Waals surface area contributed by atoms with Gasteiger partial charge in [-0.3, -0.25) is 4.79 Å². The quantitative estimate of drug-likeness (QED) is 0.847. The third kappa shape index (κ3) is 2.72. The second kappa shape index (κ2) is 4.80. The third-order valence-electron chi connectivity index (χ3n) is 2.05. The maximum atomic E-state index is 10.9. The second-order valence-electron chi connectivity index (χ2n) is 3.11. The number of amides is 1. The molecule has 1 aromatic rings. The van der Waals surface area contributed by atoms with Crippen LogP contribution in [0.25, 0.3) is 0 Å². The van der Waals surface area contributed by atoms with Crippen molar-refractivity contribution in [2.45, 2.75) is 18.2 Å². The Morgan fingerprint density at radius 1 is 1.64 bits per heavy atom. The lowest BCUT2D eigenvalue weighted by molar-refractivity contribution is -0.117. The van der Waals surface area contributed by atoms with Gasteiger partial charge in [0.05, 0.1) is 4.83 Å². The SMILES string of the molecule is Cc1cccc(Cl)c1CC(Br)C(N)=O. The molecule has 1 amide bonds. The Hall–Kier alpha value is -0.540. The van der Waals surface area contributed by atoms with Gasteiger partial charge in [0.2, 0.25) is 5.91 Å². The van der Waals surface area contributed by atoms with E-state index in [1.165, 1.54) is 0 Å². The van der Waals surface area contributed by atoms with Crippen LogP contribution in [0.2, 0.25) is 5.02 Å². The van der Waals surface area contributed by atoms with E-state index < -0.39 is 0 Å². The first-order valence-electron chi connectivity index (χ1n) is 4.19. The van der Waals surface area contributed by atoms with E-state index in [1.54, 1.807) is 0 Å². The highest BCUT2D eigenvalue weighted by atomic mass is 79.9. The van der Waals surface area contributed by atoms with E-state index >= 15 is 0 Å². The molecule has 0 radical (unpaired) electrons. The second-order valence-corrected chi connectivity index (χ2v) is 4.62. The summed E-state index contributed by atoms with van der Waals surface area (Å²) in [6, 6.07) is 5.65. The number of aryl methyl sites for hydroxylation is 1. The van der Waals surface area contributed by atoms with Crippen LogP contribution in [-0.2, 0) is 11.2 Å². The lowest BCUT2D eigenvalue weighted by Gasteiger charge is -2.10. The molecule has 2 nitrogen and oxygen atoms in total. The molecule has 14 heavy (non-hydrogen) atoms. The van der Waals surface area contributed by atoms with Gasteiger partial charge < -0.3 is 5.73 Å². The van der Waals surface area contributed by atoms with Gasteiger partial charge in [-0.05, 0) is 30.5 Å². The van der Waals surface area contributed by atoms with Crippen molar-refractivity contribution in [1.82, 2.24) is 0 Å². The van der Waals surface area contributed by atoms with Gasteiger partial charge in [0.15, 0.2) is 0 Å². The third-order valence-corrected chi connectivity index (χ3v) is 3.17. The molecule has 76 valence electrons. The summed E-state index contributed by atoms with van der Waals surface area (Å²) in [4.78, 5) is 10.5. The van der Waals surface area contributed by atoms with Crippen LogP contribution in [-0.4, -0.2) is 10.7 Å². The lowest BCUT2D eigenvalue weighted by atomic mass is 10.0. The molecule has 0 bridgehead atoms. The normalized spacial score (nSPS) is 12.5. The van der Waals surface area contributed by atoms with E-state index in [-0.39, 0.29) is 10.7 Å². The average Bonchev–Trinajstić information content (AvgIpc) is 2.11. The molecule has 1 rings (SSSR count). The van der Waals surface area contributed by atoms with Crippen LogP contribution in [0.15, 0.2) is 18.2 Å². The molecule has 0 saturated carbocycles. The zero-order valence-corrected chi connectivity index (χ0v) is 10.1. The summed E-state index contributed by atoms with van der Waals surface area (Å²) >= 11 is 9.22. The summed E-state index contributed by atoms with van der Waals surface area (Å²) in [5, 5.41) is 0.677. The molecule has 1 atom stereocenters. The van der Waals surface area contributed by atoms with Gasteiger partial charge in [0, 0.05) is 5.02 Å². The number of nitrogens with two attached hydrogens (primary N) is 1. The highest BCUT2D eigenvalue weighted by Crippen LogP contribution is 2.22. The van der Waals surface area contributed by atoms with Crippen LogP contribution in [0.5, 0.6) is 0 Å². The minimum atomic E-state index is -0.371. The Kier molecular flexibility index (Phi) is 3.96. The van der Waals surface area contributed by atoms with Gasteiger partial charge in [-0.2, -0.15) is 0 Å². The first-order valence-corrected chi connectivity index (χ1v) is 5.49. The molecule has 0 aliphatic heterocycles. The minimum Gasteiger partial charge on any atom is -0.369 e. The van der Waals surface area contributed by atoms with Crippen LogP contribution in [0, 0.1) is 6.92 Å². The summed E-state index contributed by atoms with van der Waals surface area (Å²) in [6.07, 6.45) is 0.529. The predicted molar refractivity (Wildman–Crippen MR) is 61.8 cm³/mol. The monoisotopic (exact) mass is 275 g/mol. The number of rotatable bonds is 3. The summed E-state index contributed by atoms with van der Waals surface area (Å²) < 4.78 is 0. The van der Waals surface area contributed by atoms with Crippen molar-refractivity contribution >= 4 is 33.4 Å². The molecular formula is C10H11BrClNO. The van der Waals surface area contributed by atoms with E-state index in [9.17, 15) is 4.79 Å². The van der Waals surface area contributed by atoms with Crippen molar-refractivity contribution < 1.29 is 4.79 Å². The molecule has 4 heteroatoms. The van der Waals surface area contributed by atoms with Crippen molar-refractivity contribution in [1.29, 1.82) is 0 Å². The van der Waals surface area contributed by atoms with Crippen molar-refractivity contribution in [2.24, 2.45) is 5.73 Å². The van der Waals surface area contributed by atoms with Crippen LogP contribution >= 0.6 is 27.5 Å². The largest absolute Gasteiger partial charge is 0.369 e. The van der Waals surface area contributed by atoms with Gasteiger partial charge in [-0.25, -0.2) is 0 Å². The summed E-state index contributed by atoms with van der Waals surface area (Å²) in [6.45, 7) is 1.96. The number of benzene rings is 1. The van der Waals surface area contributed by atoms with Gasteiger partial charge >= 0.3 is 0 Å². The van der Waals surface area contributed by atoms with Crippen LogP contribution in [0.4, 0.5) is 0 Å². The van der Waals surface area contributed by atoms with Gasteiger partial charge in [-0.15, -0.1) is 0 Å². The van der Waals surface area contributed by atoms with Crippen molar-refractivity contribution in [3.63, 3.8) is 0 Å². The molecule has 0 aliphatic carbocycles. The topological polar surface area (TPSA) is 43.1 Å². The zero-order valence-electron chi connectivity index (χ0n) is 7.76. The smallest absolute Gasteiger partial charge is 0.231 e. The standard InChI is InChI=1S/C10H11BrClNO/c1-6-3-2-4-9(12)7(6)5-8(11)10(13)14/h2-4,8H,5H2,1H3,(H2,13,14). The fourth-order valence-corrected chi connectivity index (χ4v) is 1.83. The summed E-state index contributed by atoms with van der Waals surface area (Å²) in [5.41, 5.74) is 7.19.